The molecule has 0 bridgehead atoms. The topological polar surface area (TPSA) is 64.0 Å². The van der Waals surface area contributed by atoms with Crippen molar-refractivity contribution in [3.63, 3.8) is 0 Å². The summed E-state index contributed by atoms with van der Waals surface area (Å²) in [7, 11) is -3.83. The van der Waals surface area contributed by atoms with Crippen molar-refractivity contribution >= 4 is 21.9 Å². The second-order valence-electron chi connectivity index (χ2n) is 10.9. The molecule has 3 aliphatic carbocycles. The number of fused-ring (bicyclic) bond motifs is 1. The Balaban J connectivity index is 1.50. The SMILES string of the molecule is Cc1ccc(S(=O)(=O)n2nc(NC3CCC3)c3c2CC(c2ccccc2)(C2CCCCC2)C=C3)cc1. The van der Waals surface area contributed by atoms with Gasteiger partial charge in [-0.25, -0.2) is 0 Å². The molecule has 3 aromatic rings. The van der Waals surface area contributed by atoms with Crippen LogP contribution >= 0.6 is 0 Å². The van der Waals surface area contributed by atoms with Crippen molar-refractivity contribution in [2.45, 2.75) is 81.1 Å². The zero-order valence-corrected chi connectivity index (χ0v) is 21.8. The minimum Gasteiger partial charge on any atom is -0.365 e. The Morgan fingerprint density at radius 3 is 2.31 bits per heavy atom. The first-order valence-electron chi connectivity index (χ1n) is 13.4. The van der Waals surface area contributed by atoms with Gasteiger partial charge < -0.3 is 5.32 Å². The Bertz CT molecular complexity index is 1370. The van der Waals surface area contributed by atoms with E-state index in [4.69, 9.17) is 5.10 Å². The number of hydrogen-bond donors (Lipinski definition) is 1. The van der Waals surface area contributed by atoms with Gasteiger partial charge in [-0.2, -0.15) is 12.5 Å². The lowest BCUT2D eigenvalue weighted by Gasteiger charge is -2.43. The average molecular weight is 502 g/mol. The number of anilines is 1. The molecule has 2 fully saturated rings. The predicted octanol–water partition coefficient (Wildman–Crippen LogP) is 6.48. The van der Waals surface area contributed by atoms with Crippen molar-refractivity contribution in [1.29, 1.82) is 0 Å². The highest BCUT2D eigenvalue weighted by Crippen LogP contribution is 2.48. The molecular weight excluding hydrogens is 466 g/mol. The highest BCUT2D eigenvalue weighted by molar-refractivity contribution is 7.89. The first-order chi connectivity index (χ1) is 17.5. The fraction of sp³-hybridized carbons (Fsp3) is 0.433. The molecule has 2 saturated carbocycles. The highest BCUT2D eigenvalue weighted by Gasteiger charge is 2.44. The quantitative estimate of drug-likeness (QED) is 0.420. The van der Waals surface area contributed by atoms with E-state index in [1.807, 2.05) is 19.1 Å². The number of nitrogens with zero attached hydrogens (tertiary/aromatic N) is 2. The first kappa shape index (κ1) is 23.5. The molecular formula is C30H35N3O2S. The second-order valence-corrected chi connectivity index (χ2v) is 12.7. The molecule has 6 heteroatoms. The molecule has 0 saturated heterocycles. The van der Waals surface area contributed by atoms with E-state index in [0.717, 1.165) is 29.7 Å². The van der Waals surface area contributed by atoms with Gasteiger partial charge in [0.05, 0.1) is 10.6 Å². The van der Waals surface area contributed by atoms with Crippen molar-refractivity contribution in [2.24, 2.45) is 5.92 Å². The number of aryl methyl sites for hydroxylation is 1. The molecule has 1 N–H and O–H groups in total. The van der Waals surface area contributed by atoms with Gasteiger partial charge in [-0.3, -0.25) is 0 Å². The van der Waals surface area contributed by atoms with Gasteiger partial charge in [0.1, 0.15) is 0 Å². The molecule has 36 heavy (non-hydrogen) atoms. The lowest BCUT2D eigenvalue weighted by atomic mass is 9.61. The van der Waals surface area contributed by atoms with E-state index in [9.17, 15) is 8.42 Å². The smallest absolute Gasteiger partial charge is 0.283 e. The van der Waals surface area contributed by atoms with Crippen LogP contribution in [0.2, 0.25) is 0 Å². The maximum absolute atomic E-state index is 14.0. The molecule has 0 amide bonds. The van der Waals surface area contributed by atoms with E-state index >= 15 is 0 Å². The zero-order chi connectivity index (χ0) is 24.8. The highest BCUT2D eigenvalue weighted by atomic mass is 32.2. The van der Waals surface area contributed by atoms with E-state index in [0.29, 0.717) is 24.2 Å². The molecule has 6 rings (SSSR count). The van der Waals surface area contributed by atoms with Crippen molar-refractivity contribution in [2.75, 3.05) is 5.32 Å². The Morgan fingerprint density at radius 1 is 0.917 bits per heavy atom. The molecule has 0 spiro atoms. The number of benzene rings is 2. The van der Waals surface area contributed by atoms with Crippen molar-refractivity contribution in [3.05, 3.63) is 83.1 Å². The summed E-state index contributed by atoms with van der Waals surface area (Å²) in [5.41, 5.74) is 3.80. The van der Waals surface area contributed by atoms with E-state index in [2.05, 4.69) is 47.8 Å². The molecule has 1 unspecified atom stereocenters. The van der Waals surface area contributed by atoms with Gasteiger partial charge in [0.15, 0.2) is 5.82 Å². The van der Waals surface area contributed by atoms with Crippen LogP contribution in [0.15, 0.2) is 65.6 Å². The summed E-state index contributed by atoms with van der Waals surface area (Å²) in [6.07, 6.45) is 14.7. The van der Waals surface area contributed by atoms with Crippen molar-refractivity contribution < 1.29 is 8.42 Å². The van der Waals surface area contributed by atoms with Gasteiger partial charge >= 0.3 is 0 Å². The largest absolute Gasteiger partial charge is 0.365 e. The molecule has 2 aromatic carbocycles. The summed E-state index contributed by atoms with van der Waals surface area (Å²) in [5.74, 6) is 1.18. The zero-order valence-electron chi connectivity index (χ0n) is 21.0. The van der Waals surface area contributed by atoms with Gasteiger partial charge in [-0.05, 0) is 62.6 Å². The van der Waals surface area contributed by atoms with Crippen LogP contribution in [0.4, 0.5) is 5.82 Å². The van der Waals surface area contributed by atoms with Crippen LogP contribution in [0.5, 0.6) is 0 Å². The van der Waals surface area contributed by atoms with Gasteiger partial charge in [-0.15, -0.1) is 5.10 Å². The fourth-order valence-corrected chi connectivity index (χ4v) is 7.61. The monoisotopic (exact) mass is 501 g/mol. The maximum atomic E-state index is 14.0. The Kier molecular flexibility index (Phi) is 6.03. The van der Waals surface area contributed by atoms with Gasteiger partial charge in [0, 0.05) is 23.4 Å². The molecule has 1 aromatic heterocycles. The van der Waals surface area contributed by atoms with E-state index < -0.39 is 10.0 Å². The number of nitrogens with one attached hydrogen (secondary N) is 1. The van der Waals surface area contributed by atoms with Gasteiger partial charge in [0.2, 0.25) is 0 Å². The summed E-state index contributed by atoms with van der Waals surface area (Å²) < 4.78 is 29.3. The van der Waals surface area contributed by atoms with E-state index in [1.165, 1.54) is 48.2 Å². The minimum absolute atomic E-state index is 0.233. The summed E-state index contributed by atoms with van der Waals surface area (Å²) >= 11 is 0. The molecule has 0 radical (unpaired) electrons. The standard InChI is InChI=1S/C30H35N3O2S/c1-22-15-17-26(18-16-22)36(34,35)33-28-21-30(23-9-4-2-5-10-23,24-11-6-3-7-12-24)20-19-27(28)29(32-33)31-25-13-8-14-25/h2,4-5,9-10,15-20,24-25H,3,6-8,11-14,21H2,1H3,(H,31,32). The summed E-state index contributed by atoms with van der Waals surface area (Å²) in [6.45, 7) is 1.97. The summed E-state index contributed by atoms with van der Waals surface area (Å²) in [6, 6.07) is 18.2. The van der Waals surface area contributed by atoms with Crippen LogP contribution in [0, 0.1) is 12.8 Å². The Labute approximate surface area is 214 Å². The van der Waals surface area contributed by atoms with Crippen LogP contribution in [0.3, 0.4) is 0 Å². The first-order valence-corrected chi connectivity index (χ1v) is 14.9. The maximum Gasteiger partial charge on any atom is 0.283 e. The number of hydrogen-bond acceptors (Lipinski definition) is 4. The summed E-state index contributed by atoms with van der Waals surface area (Å²) in [5, 5.41) is 8.31. The summed E-state index contributed by atoms with van der Waals surface area (Å²) in [4.78, 5) is 0.283. The fourth-order valence-electron chi connectivity index (χ4n) is 6.29. The van der Waals surface area contributed by atoms with Crippen LogP contribution in [0.25, 0.3) is 6.08 Å². The van der Waals surface area contributed by atoms with Gasteiger partial charge in [-0.1, -0.05) is 79.4 Å². The van der Waals surface area contributed by atoms with E-state index in [1.54, 1.807) is 12.1 Å². The molecule has 1 atom stereocenters. The Morgan fingerprint density at radius 2 is 1.64 bits per heavy atom. The second kappa shape index (κ2) is 9.22. The third-order valence-corrected chi connectivity index (χ3v) is 10.3. The van der Waals surface area contributed by atoms with Crippen molar-refractivity contribution in [1.82, 2.24) is 9.19 Å². The van der Waals surface area contributed by atoms with Crippen LogP contribution in [-0.4, -0.2) is 23.6 Å². The third-order valence-electron chi connectivity index (χ3n) is 8.63. The lowest BCUT2D eigenvalue weighted by molar-refractivity contribution is 0.241. The minimum atomic E-state index is -3.83. The lowest BCUT2D eigenvalue weighted by Crippen LogP contribution is -2.39. The van der Waals surface area contributed by atoms with Crippen LogP contribution in [0.1, 0.15) is 73.8 Å². The molecule has 188 valence electrons. The number of aromatic nitrogens is 2. The molecule has 1 heterocycles. The van der Waals surface area contributed by atoms with Crippen LogP contribution < -0.4 is 5.32 Å². The average Bonchev–Trinajstić information content (AvgIpc) is 3.25. The molecule has 3 aliphatic rings. The van der Waals surface area contributed by atoms with Crippen molar-refractivity contribution in [3.8, 4) is 0 Å². The predicted molar refractivity (Wildman–Crippen MR) is 145 cm³/mol. The normalized spacial score (nSPS) is 22.7. The number of rotatable bonds is 6. The molecule has 5 nitrogen and oxygen atoms in total. The molecule has 0 aliphatic heterocycles. The Hall–Kier alpha value is -2.86. The van der Waals surface area contributed by atoms with Crippen LogP contribution in [-0.2, 0) is 21.9 Å². The number of allylic oxidation sites excluding steroid dienone is 1. The van der Waals surface area contributed by atoms with E-state index in [-0.39, 0.29) is 10.3 Å². The third kappa shape index (κ3) is 4.00. The van der Waals surface area contributed by atoms with Gasteiger partial charge in [0.25, 0.3) is 10.0 Å².